The second-order valence-electron chi connectivity index (χ2n) is 11.7. The van der Waals surface area contributed by atoms with Crippen molar-refractivity contribution < 1.29 is 19.6 Å². The van der Waals surface area contributed by atoms with Crippen molar-refractivity contribution in [3.05, 3.63) is 29.8 Å². The van der Waals surface area contributed by atoms with Crippen LogP contribution in [0.15, 0.2) is 24.3 Å². The SMILES string of the molecule is CC12CC3CC(C)(C1)CC(NC(=O)Nc1ccc(C(=O)NCCCCCC(=O)NO)cc1)(C3)C2. The van der Waals surface area contributed by atoms with E-state index >= 15 is 0 Å². The van der Waals surface area contributed by atoms with E-state index in [2.05, 4.69) is 29.8 Å². The van der Waals surface area contributed by atoms with Gasteiger partial charge in [-0.05, 0) is 92.4 Å². The molecule has 34 heavy (non-hydrogen) atoms. The first-order valence-electron chi connectivity index (χ1n) is 12.5. The molecule has 2 atom stereocenters. The van der Waals surface area contributed by atoms with Gasteiger partial charge in [0.25, 0.3) is 5.91 Å². The highest BCUT2D eigenvalue weighted by Crippen LogP contribution is 2.66. The molecule has 186 valence electrons. The lowest BCUT2D eigenvalue weighted by molar-refractivity contribution is -0.129. The number of hydrogen-bond donors (Lipinski definition) is 5. The number of amides is 4. The maximum Gasteiger partial charge on any atom is 0.319 e. The van der Waals surface area contributed by atoms with E-state index in [4.69, 9.17) is 5.21 Å². The van der Waals surface area contributed by atoms with Crippen LogP contribution in [0.2, 0.25) is 0 Å². The molecule has 0 radical (unpaired) electrons. The zero-order chi connectivity index (χ0) is 24.4. The number of rotatable bonds is 9. The summed E-state index contributed by atoms with van der Waals surface area (Å²) in [6.07, 6.45) is 9.52. The van der Waals surface area contributed by atoms with Gasteiger partial charge in [-0.15, -0.1) is 0 Å². The molecule has 0 aliphatic heterocycles. The van der Waals surface area contributed by atoms with Crippen LogP contribution < -0.4 is 21.4 Å². The molecule has 5 rings (SSSR count). The number of carbonyl (C=O) groups is 3. The van der Waals surface area contributed by atoms with Crippen LogP contribution in [-0.2, 0) is 4.79 Å². The van der Waals surface area contributed by atoms with Crippen LogP contribution in [0.3, 0.4) is 0 Å². The van der Waals surface area contributed by atoms with Crippen LogP contribution in [-0.4, -0.2) is 35.1 Å². The average molecular weight is 471 g/mol. The fourth-order valence-corrected chi connectivity index (χ4v) is 7.64. The lowest BCUT2D eigenvalue weighted by Crippen LogP contribution is -2.65. The molecule has 4 fully saturated rings. The molecule has 4 amide bonds. The number of unbranched alkanes of at least 4 members (excludes halogenated alkanes) is 2. The number of carbonyl (C=O) groups excluding carboxylic acids is 3. The Bertz CT molecular complexity index is 913. The fourth-order valence-electron chi connectivity index (χ4n) is 7.64. The van der Waals surface area contributed by atoms with E-state index in [1.165, 1.54) is 19.3 Å². The second-order valence-corrected chi connectivity index (χ2v) is 11.7. The first kappa shape index (κ1) is 24.5. The highest BCUT2D eigenvalue weighted by atomic mass is 16.5. The minimum atomic E-state index is -0.395. The van der Waals surface area contributed by atoms with Crippen LogP contribution in [0.5, 0.6) is 0 Å². The zero-order valence-corrected chi connectivity index (χ0v) is 20.3. The van der Waals surface area contributed by atoms with Crippen molar-refractivity contribution in [1.82, 2.24) is 16.1 Å². The summed E-state index contributed by atoms with van der Waals surface area (Å²) in [5.74, 6) is 0.149. The Labute approximate surface area is 201 Å². The summed E-state index contributed by atoms with van der Waals surface area (Å²) < 4.78 is 0. The summed E-state index contributed by atoms with van der Waals surface area (Å²) in [5.41, 5.74) is 3.38. The van der Waals surface area contributed by atoms with E-state index in [1.807, 2.05) is 0 Å². The molecule has 0 aromatic heterocycles. The molecule has 4 saturated carbocycles. The number of hydroxylamine groups is 1. The van der Waals surface area contributed by atoms with Gasteiger partial charge in [0.2, 0.25) is 5.91 Å². The highest BCUT2D eigenvalue weighted by molar-refractivity contribution is 5.95. The Morgan fingerprint density at radius 2 is 1.62 bits per heavy atom. The Morgan fingerprint density at radius 1 is 0.941 bits per heavy atom. The topological polar surface area (TPSA) is 120 Å². The van der Waals surface area contributed by atoms with Crippen LogP contribution in [0, 0.1) is 16.7 Å². The molecule has 4 aliphatic rings. The molecular weight excluding hydrogens is 432 g/mol. The van der Waals surface area contributed by atoms with E-state index in [9.17, 15) is 14.4 Å². The Hall–Kier alpha value is -2.61. The van der Waals surface area contributed by atoms with E-state index < -0.39 is 5.91 Å². The van der Waals surface area contributed by atoms with Crippen LogP contribution in [0.1, 0.15) is 88.4 Å². The molecule has 8 heteroatoms. The maximum atomic E-state index is 12.9. The fraction of sp³-hybridized carbons (Fsp3) is 0.654. The average Bonchev–Trinajstić information content (AvgIpc) is 2.73. The lowest BCUT2D eigenvalue weighted by atomic mass is 9.43. The van der Waals surface area contributed by atoms with Crippen molar-refractivity contribution in [2.24, 2.45) is 16.7 Å². The zero-order valence-electron chi connectivity index (χ0n) is 20.3. The van der Waals surface area contributed by atoms with E-state index in [1.54, 1.807) is 29.7 Å². The minimum absolute atomic E-state index is 0.102. The molecule has 0 saturated heterocycles. The summed E-state index contributed by atoms with van der Waals surface area (Å²) in [4.78, 5) is 36.2. The maximum absolute atomic E-state index is 12.9. The Kier molecular flexibility index (Phi) is 6.90. The standard InChI is InChI=1S/C26H38N4O4/c1-24-12-18-13-25(2,15-24)17-26(14-18,16-24)29-23(33)28-20-9-7-19(8-10-20)22(32)27-11-5-3-4-6-21(31)30-34/h7-10,18,34H,3-6,11-17H2,1-2H3,(H,27,32)(H,30,31)(H2,28,29,33). The highest BCUT2D eigenvalue weighted by Gasteiger charge is 2.60. The summed E-state index contributed by atoms with van der Waals surface area (Å²) in [7, 11) is 0. The minimum Gasteiger partial charge on any atom is -0.352 e. The second kappa shape index (κ2) is 9.56. The van der Waals surface area contributed by atoms with Crippen molar-refractivity contribution in [3.63, 3.8) is 0 Å². The van der Waals surface area contributed by atoms with Gasteiger partial charge in [-0.2, -0.15) is 0 Å². The first-order valence-corrected chi connectivity index (χ1v) is 12.5. The van der Waals surface area contributed by atoms with Crippen molar-refractivity contribution in [1.29, 1.82) is 0 Å². The number of urea groups is 1. The third kappa shape index (κ3) is 5.71. The van der Waals surface area contributed by atoms with Crippen molar-refractivity contribution in [2.45, 2.75) is 83.6 Å². The predicted molar refractivity (Wildman–Crippen MR) is 129 cm³/mol. The molecule has 0 heterocycles. The van der Waals surface area contributed by atoms with Gasteiger partial charge in [0.05, 0.1) is 0 Å². The number of hydrogen-bond acceptors (Lipinski definition) is 4. The Morgan fingerprint density at radius 3 is 2.24 bits per heavy atom. The van der Waals surface area contributed by atoms with Crippen LogP contribution in [0.25, 0.3) is 0 Å². The largest absolute Gasteiger partial charge is 0.352 e. The molecular formula is C26H38N4O4. The lowest BCUT2D eigenvalue weighted by Gasteiger charge is -2.65. The van der Waals surface area contributed by atoms with E-state index in [-0.39, 0.29) is 23.9 Å². The van der Waals surface area contributed by atoms with E-state index in [0.717, 1.165) is 32.1 Å². The third-order valence-corrected chi connectivity index (χ3v) is 7.90. The van der Waals surface area contributed by atoms with Gasteiger partial charge in [-0.25, -0.2) is 10.3 Å². The summed E-state index contributed by atoms with van der Waals surface area (Å²) in [6.45, 7) is 5.30. The summed E-state index contributed by atoms with van der Waals surface area (Å²) in [5, 5.41) is 17.6. The molecule has 4 aliphatic carbocycles. The smallest absolute Gasteiger partial charge is 0.319 e. The van der Waals surface area contributed by atoms with Gasteiger partial charge in [-0.3, -0.25) is 14.8 Å². The van der Waals surface area contributed by atoms with Gasteiger partial charge in [0.15, 0.2) is 0 Å². The monoisotopic (exact) mass is 470 g/mol. The van der Waals surface area contributed by atoms with Gasteiger partial charge in [-0.1, -0.05) is 20.3 Å². The third-order valence-electron chi connectivity index (χ3n) is 7.90. The predicted octanol–water partition coefficient (Wildman–Crippen LogP) is 4.35. The molecule has 0 spiro atoms. The van der Waals surface area contributed by atoms with Crippen LogP contribution >= 0.6 is 0 Å². The molecule has 1 aromatic rings. The van der Waals surface area contributed by atoms with Gasteiger partial charge in [0.1, 0.15) is 0 Å². The van der Waals surface area contributed by atoms with Gasteiger partial charge in [0, 0.05) is 29.8 Å². The molecule has 4 bridgehead atoms. The summed E-state index contributed by atoms with van der Waals surface area (Å²) in [6, 6.07) is 6.77. The molecule has 2 unspecified atom stereocenters. The van der Waals surface area contributed by atoms with Crippen LogP contribution in [0.4, 0.5) is 10.5 Å². The molecule has 5 N–H and O–H groups in total. The van der Waals surface area contributed by atoms with Crippen molar-refractivity contribution in [3.8, 4) is 0 Å². The number of anilines is 1. The number of benzene rings is 1. The van der Waals surface area contributed by atoms with Crippen molar-refractivity contribution >= 4 is 23.5 Å². The Balaban J connectivity index is 1.23. The normalized spacial score (nSPS) is 31.1. The molecule has 1 aromatic carbocycles. The van der Waals surface area contributed by atoms with Gasteiger partial charge < -0.3 is 16.0 Å². The first-order chi connectivity index (χ1) is 16.1. The quantitative estimate of drug-likeness (QED) is 0.209. The molecule has 8 nitrogen and oxygen atoms in total. The van der Waals surface area contributed by atoms with Gasteiger partial charge >= 0.3 is 6.03 Å². The summed E-state index contributed by atoms with van der Waals surface area (Å²) >= 11 is 0. The van der Waals surface area contributed by atoms with E-state index in [0.29, 0.717) is 41.0 Å². The number of nitrogens with one attached hydrogen (secondary N) is 4. The van der Waals surface area contributed by atoms with Crippen molar-refractivity contribution in [2.75, 3.05) is 11.9 Å².